The molecular formula is C25H26N4O. The summed E-state index contributed by atoms with van der Waals surface area (Å²) in [6.45, 7) is 2.90. The molecule has 1 aliphatic heterocycles. The minimum Gasteiger partial charge on any atom is -0.383 e. The molecule has 0 bridgehead atoms. The summed E-state index contributed by atoms with van der Waals surface area (Å²) in [6.07, 6.45) is 0. The summed E-state index contributed by atoms with van der Waals surface area (Å²) in [7, 11) is 0. The number of nitrogens with zero attached hydrogens (tertiary/aromatic N) is 3. The first-order valence-electron chi connectivity index (χ1n) is 10.2. The number of amidine groups is 1. The van der Waals surface area contributed by atoms with Gasteiger partial charge in [-0.05, 0) is 22.8 Å². The Labute approximate surface area is 177 Å². The van der Waals surface area contributed by atoms with Gasteiger partial charge in [-0.1, -0.05) is 78.9 Å². The van der Waals surface area contributed by atoms with Crippen molar-refractivity contribution < 1.29 is 4.79 Å². The molecule has 4 rings (SSSR count). The zero-order chi connectivity index (χ0) is 20.8. The van der Waals surface area contributed by atoms with Crippen LogP contribution in [0.15, 0.2) is 89.9 Å². The molecule has 1 fully saturated rings. The van der Waals surface area contributed by atoms with Crippen molar-refractivity contribution in [3.63, 3.8) is 0 Å². The van der Waals surface area contributed by atoms with Gasteiger partial charge in [0.15, 0.2) is 0 Å². The Bertz CT molecular complexity index is 1020. The fourth-order valence-electron chi connectivity index (χ4n) is 3.62. The first-order valence-corrected chi connectivity index (χ1v) is 10.2. The third-order valence-electron chi connectivity index (χ3n) is 5.32. The molecule has 1 heterocycles. The van der Waals surface area contributed by atoms with E-state index in [1.54, 1.807) is 0 Å². The second kappa shape index (κ2) is 9.37. The summed E-state index contributed by atoms with van der Waals surface area (Å²) in [6, 6.07) is 28.4. The molecule has 0 aromatic heterocycles. The van der Waals surface area contributed by atoms with Crippen LogP contribution in [0.25, 0.3) is 11.1 Å². The summed E-state index contributed by atoms with van der Waals surface area (Å²) in [5.74, 6) is 0.628. The lowest BCUT2D eigenvalue weighted by Gasteiger charge is -2.33. The zero-order valence-corrected chi connectivity index (χ0v) is 16.9. The Morgan fingerprint density at radius 2 is 1.57 bits per heavy atom. The van der Waals surface area contributed by atoms with Crippen LogP contribution in [0.5, 0.6) is 0 Å². The standard InChI is InChI=1S/C25H26N4O/c26-25(22-11-5-2-6-12-22)27-19-28-14-15-29(24(30)18-28)17-20-8-7-13-23(16-20)21-9-3-1-4-10-21/h1-13,16H,14-15,17-19H2,(H2,26,27). The minimum atomic E-state index is 0.125. The maximum atomic E-state index is 12.7. The largest absolute Gasteiger partial charge is 0.383 e. The molecule has 3 aromatic rings. The van der Waals surface area contributed by atoms with Crippen molar-refractivity contribution in [2.75, 3.05) is 26.3 Å². The van der Waals surface area contributed by atoms with Gasteiger partial charge in [-0.15, -0.1) is 0 Å². The van der Waals surface area contributed by atoms with Gasteiger partial charge < -0.3 is 10.6 Å². The van der Waals surface area contributed by atoms with Crippen LogP contribution >= 0.6 is 0 Å². The Balaban J connectivity index is 1.35. The number of carbonyl (C=O) groups is 1. The van der Waals surface area contributed by atoms with Crippen LogP contribution < -0.4 is 5.73 Å². The quantitative estimate of drug-likeness (QED) is 0.512. The van der Waals surface area contributed by atoms with Gasteiger partial charge in [-0.2, -0.15) is 0 Å². The predicted octanol–water partition coefficient (Wildman–Crippen LogP) is 3.36. The number of carbonyl (C=O) groups excluding carboxylic acids is 1. The number of rotatable bonds is 6. The fourth-order valence-corrected chi connectivity index (χ4v) is 3.62. The van der Waals surface area contributed by atoms with Crippen LogP contribution in [0.4, 0.5) is 0 Å². The van der Waals surface area contributed by atoms with Crippen molar-refractivity contribution in [3.8, 4) is 11.1 Å². The third kappa shape index (κ3) is 4.93. The van der Waals surface area contributed by atoms with Gasteiger partial charge in [0.1, 0.15) is 5.84 Å². The first-order chi connectivity index (χ1) is 14.7. The molecule has 1 aliphatic rings. The minimum absolute atomic E-state index is 0.125. The summed E-state index contributed by atoms with van der Waals surface area (Å²) < 4.78 is 0. The maximum Gasteiger partial charge on any atom is 0.237 e. The lowest BCUT2D eigenvalue weighted by molar-refractivity contribution is -0.136. The number of benzene rings is 3. The molecule has 152 valence electrons. The number of amides is 1. The van der Waals surface area contributed by atoms with E-state index in [9.17, 15) is 4.79 Å². The number of aliphatic imine (C=N–C) groups is 1. The average molecular weight is 399 g/mol. The van der Waals surface area contributed by atoms with E-state index in [0.29, 0.717) is 32.1 Å². The molecule has 5 nitrogen and oxygen atoms in total. The highest BCUT2D eigenvalue weighted by Crippen LogP contribution is 2.21. The molecule has 1 saturated heterocycles. The highest BCUT2D eigenvalue weighted by atomic mass is 16.2. The van der Waals surface area contributed by atoms with Crippen molar-refractivity contribution in [1.82, 2.24) is 9.80 Å². The van der Waals surface area contributed by atoms with E-state index < -0.39 is 0 Å². The van der Waals surface area contributed by atoms with E-state index >= 15 is 0 Å². The monoisotopic (exact) mass is 398 g/mol. The Hall–Kier alpha value is -3.44. The van der Waals surface area contributed by atoms with E-state index in [0.717, 1.165) is 17.7 Å². The number of nitrogens with two attached hydrogens (primary N) is 1. The summed E-state index contributed by atoms with van der Waals surface area (Å²) in [5.41, 5.74) is 10.5. The topological polar surface area (TPSA) is 61.9 Å². The number of hydrogen-bond acceptors (Lipinski definition) is 3. The van der Waals surface area contributed by atoms with Crippen LogP contribution in [0, 0.1) is 0 Å². The molecule has 0 saturated carbocycles. The van der Waals surface area contributed by atoms with Crippen molar-refractivity contribution in [1.29, 1.82) is 0 Å². The molecule has 0 atom stereocenters. The molecule has 3 aromatic carbocycles. The normalized spacial score (nSPS) is 15.4. The van der Waals surface area contributed by atoms with Gasteiger partial charge >= 0.3 is 0 Å². The summed E-state index contributed by atoms with van der Waals surface area (Å²) in [5, 5.41) is 0. The molecular weight excluding hydrogens is 372 g/mol. The molecule has 1 amide bonds. The fraction of sp³-hybridized carbons (Fsp3) is 0.200. The molecule has 0 radical (unpaired) electrons. The van der Waals surface area contributed by atoms with E-state index in [1.807, 2.05) is 58.3 Å². The van der Waals surface area contributed by atoms with Gasteiger partial charge in [0, 0.05) is 25.2 Å². The third-order valence-corrected chi connectivity index (χ3v) is 5.32. The average Bonchev–Trinajstić information content (AvgIpc) is 2.80. The molecule has 0 spiro atoms. The lowest BCUT2D eigenvalue weighted by atomic mass is 10.0. The Kier molecular flexibility index (Phi) is 6.20. The van der Waals surface area contributed by atoms with Gasteiger partial charge in [0.25, 0.3) is 0 Å². The molecule has 0 aliphatic carbocycles. The van der Waals surface area contributed by atoms with Crippen LogP contribution in [0.2, 0.25) is 0 Å². The second-order valence-electron chi connectivity index (χ2n) is 7.49. The smallest absolute Gasteiger partial charge is 0.237 e. The van der Waals surface area contributed by atoms with E-state index in [1.165, 1.54) is 11.1 Å². The Morgan fingerprint density at radius 1 is 0.867 bits per heavy atom. The van der Waals surface area contributed by atoms with Gasteiger partial charge in [0.05, 0.1) is 13.2 Å². The van der Waals surface area contributed by atoms with Crippen molar-refractivity contribution in [3.05, 3.63) is 96.1 Å². The highest BCUT2D eigenvalue weighted by molar-refractivity contribution is 5.97. The lowest BCUT2D eigenvalue weighted by Crippen LogP contribution is -2.49. The van der Waals surface area contributed by atoms with E-state index in [-0.39, 0.29) is 5.91 Å². The van der Waals surface area contributed by atoms with Crippen LogP contribution in [-0.2, 0) is 11.3 Å². The molecule has 0 unspecified atom stereocenters. The van der Waals surface area contributed by atoms with E-state index in [2.05, 4.69) is 41.4 Å². The Morgan fingerprint density at radius 3 is 2.30 bits per heavy atom. The van der Waals surface area contributed by atoms with Crippen LogP contribution in [0.1, 0.15) is 11.1 Å². The van der Waals surface area contributed by atoms with Crippen LogP contribution in [-0.4, -0.2) is 47.8 Å². The van der Waals surface area contributed by atoms with Crippen molar-refractivity contribution in [2.24, 2.45) is 10.7 Å². The highest BCUT2D eigenvalue weighted by Gasteiger charge is 2.23. The molecule has 30 heavy (non-hydrogen) atoms. The van der Waals surface area contributed by atoms with Gasteiger partial charge in [-0.3, -0.25) is 14.7 Å². The summed E-state index contributed by atoms with van der Waals surface area (Å²) in [4.78, 5) is 21.1. The SMILES string of the molecule is NC(=NCN1CCN(Cc2cccc(-c3ccccc3)c2)C(=O)C1)c1ccccc1. The van der Waals surface area contributed by atoms with Crippen molar-refractivity contribution in [2.45, 2.75) is 6.54 Å². The predicted molar refractivity (Wildman–Crippen MR) is 121 cm³/mol. The van der Waals surface area contributed by atoms with Gasteiger partial charge in [-0.25, -0.2) is 0 Å². The molecule has 2 N–H and O–H groups in total. The van der Waals surface area contributed by atoms with E-state index in [4.69, 9.17) is 5.73 Å². The first kappa shape index (κ1) is 19.9. The zero-order valence-electron chi connectivity index (χ0n) is 16.9. The van der Waals surface area contributed by atoms with Crippen molar-refractivity contribution >= 4 is 11.7 Å². The van der Waals surface area contributed by atoms with Crippen LogP contribution in [0.3, 0.4) is 0 Å². The second-order valence-corrected chi connectivity index (χ2v) is 7.49. The van der Waals surface area contributed by atoms with Gasteiger partial charge in [0.2, 0.25) is 5.91 Å². The summed E-state index contributed by atoms with van der Waals surface area (Å²) >= 11 is 0. The molecule has 5 heteroatoms. The maximum absolute atomic E-state index is 12.7. The number of hydrogen-bond donors (Lipinski definition) is 1. The number of piperazine rings is 1.